The molecule has 0 spiro atoms. The Labute approximate surface area is 271 Å². The zero-order chi connectivity index (χ0) is 33.0. The van der Waals surface area contributed by atoms with Crippen molar-refractivity contribution in [2.24, 2.45) is 0 Å². The van der Waals surface area contributed by atoms with E-state index in [1.54, 1.807) is 67.8 Å². The first-order chi connectivity index (χ1) is 22.6. The first-order valence-electron chi connectivity index (χ1n) is 15.1. The summed E-state index contributed by atoms with van der Waals surface area (Å²) in [5.74, 6) is 0.0313. The van der Waals surface area contributed by atoms with Gasteiger partial charge in [0.05, 0.1) is 40.7 Å². The van der Waals surface area contributed by atoms with Gasteiger partial charge in [-0.25, -0.2) is 9.80 Å². The number of benzene rings is 5. The van der Waals surface area contributed by atoms with E-state index in [1.165, 1.54) is 0 Å². The highest BCUT2D eigenvalue weighted by Crippen LogP contribution is 2.37. The van der Waals surface area contributed by atoms with E-state index in [1.807, 2.05) is 43.3 Å². The van der Waals surface area contributed by atoms with Crippen LogP contribution >= 0.6 is 0 Å². The van der Waals surface area contributed by atoms with Crippen LogP contribution in [0.25, 0.3) is 0 Å². The standard InChI is InChI=1S/C39H30N2O6/c1-23-5-19-31-33(21-23)37(44)40(35(31)42)26-10-12-27(13-11-26)41-36(43)32-20-18-30(22-34(32)38(41)45)47-29-16-8-25(9-17-29)39(2,3)24-6-14-28(46-4)15-7-24/h5-22H,1-4H3. The van der Waals surface area contributed by atoms with E-state index >= 15 is 0 Å². The number of methoxy groups -OCH3 is 1. The number of hydrogen-bond donors (Lipinski definition) is 0. The molecule has 5 aromatic carbocycles. The molecule has 2 aliphatic rings. The number of imide groups is 2. The van der Waals surface area contributed by atoms with Crippen molar-refractivity contribution in [1.29, 1.82) is 0 Å². The molecule has 0 radical (unpaired) electrons. The summed E-state index contributed by atoms with van der Waals surface area (Å²) in [6.07, 6.45) is 0. The Morgan fingerprint density at radius 3 is 1.43 bits per heavy atom. The Hall–Kier alpha value is -6.02. The van der Waals surface area contributed by atoms with Crippen molar-refractivity contribution in [3.8, 4) is 17.2 Å². The Bertz CT molecular complexity index is 2100. The van der Waals surface area contributed by atoms with E-state index in [2.05, 4.69) is 26.0 Å². The number of carbonyl (C=O) groups is 4. The molecule has 232 valence electrons. The summed E-state index contributed by atoms with van der Waals surface area (Å²) in [4.78, 5) is 55.0. The van der Waals surface area contributed by atoms with Gasteiger partial charge in [-0.15, -0.1) is 0 Å². The predicted molar refractivity (Wildman–Crippen MR) is 178 cm³/mol. The van der Waals surface area contributed by atoms with Crippen molar-refractivity contribution in [1.82, 2.24) is 0 Å². The van der Waals surface area contributed by atoms with Gasteiger partial charge in [-0.1, -0.05) is 49.7 Å². The van der Waals surface area contributed by atoms with E-state index in [-0.39, 0.29) is 16.5 Å². The van der Waals surface area contributed by atoms with E-state index in [4.69, 9.17) is 9.47 Å². The van der Waals surface area contributed by atoms with Crippen molar-refractivity contribution < 1.29 is 28.7 Å². The molecular formula is C39H30N2O6. The van der Waals surface area contributed by atoms with Crippen LogP contribution in [-0.2, 0) is 5.41 Å². The van der Waals surface area contributed by atoms with Crippen LogP contribution in [-0.4, -0.2) is 30.7 Å². The van der Waals surface area contributed by atoms with Gasteiger partial charge in [0.25, 0.3) is 23.6 Å². The number of ether oxygens (including phenoxy) is 2. The minimum absolute atomic E-state index is 0.226. The molecular weight excluding hydrogens is 592 g/mol. The van der Waals surface area contributed by atoms with Crippen LogP contribution in [0.3, 0.4) is 0 Å². The zero-order valence-corrected chi connectivity index (χ0v) is 26.2. The second-order valence-electron chi connectivity index (χ2n) is 12.1. The minimum atomic E-state index is -0.490. The maximum Gasteiger partial charge on any atom is 0.266 e. The number of rotatable bonds is 7. The predicted octanol–water partition coefficient (Wildman–Crippen LogP) is 7.72. The first-order valence-corrected chi connectivity index (χ1v) is 15.1. The highest BCUT2D eigenvalue weighted by Gasteiger charge is 2.39. The van der Waals surface area contributed by atoms with E-state index in [0.717, 1.165) is 32.2 Å². The van der Waals surface area contributed by atoms with Crippen LogP contribution in [0.4, 0.5) is 11.4 Å². The Morgan fingerprint density at radius 1 is 0.489 bits per heavy atom. The second kappa shape index (κ2) is 11.1. The Morgan fingerprint density at radius 2 is 0.915 bits per heavy atom. The smallest absolute Gasteiger partial charge is 0.266 e. The molecule has 0 aromatic heterocycles. The summed E-state index contributed by atoms with van der Waals surface area (Å²) in [6, 6.07) is 32.0. The molecule has 0 fully saturated rings. The lowest BCUT2D eigenvalue weighted by atomic mass is 9.78. The fourth-order valence-corrected chi connectivity index (χ4v) is 6.11. The molecule has 4 amide bonds. The molecule has 8 nitrogen and oxygen atoms in total. The van der Waals surface area contributed by atoms with E-state index in [0.29, 0.717) is 34.0 Å². The summed E-state index contributed by atoms with van der Waals surface area (Å²) >= 11 is 0. The molecule has 47 heavy (non-hydrogen) atoms. The van der Waals surface area contributed by atoms with Crippen molar-refractivity contribution in [2.45, 2.75) is 26.2 Å². The topological polar surface area (TPSA) is 93.2 Å². The van der Waals surface area contributed by atoms with Crippen LogP contribution in [0, 0.1) is 6.92 Å². The lowest BCUT2D eigenvalue weighted by Gasteiger charge is -2.26. The average Bonchev–Trinajstić information content (AvgIpc) is 3.48. The number of hydrogen-bond acceptors (Lipinski definition) is 6. The normalized spacial score (nSPS) is 14.0. The van der Waals surface area contributed by atoms with Crippen molar-refractivity contribution in [3.63, 3.8) is 0 Å². The molecule has 0 aliphatic carbocycles. The molecule has 5 aromatic rings. The van der Waals surface area contributed by atoms with E-state index < -0.39 is 23.6 Å². The second-order valence-corrected chi connectivity index (χ2v) is 12.1. The Kier molecular flexibility index (Phi) is 7.01. The van der Waals surface area contributed by atoms with Gasteiger partial charge in [0.1, 0.15) is 17.2 Å². The third kappa shape index (κ3) is 4.95. The maximum atomic E-state index is 13.5. The fourth-order valence-electron chi connectivity index (χ4n) is 6.11. The highest BCUT2D eigenvalue weighted by molar-refractivity contribution is 6.35. The van der Waals surface area contributed by atoms with Crippen LogP contribution in [0.5, 0.6) is 17.2 Å². The van der Waals surface area contributed by atoms with Crippen molar-refractivity contribution in [3.05, 3.63) is 148 Å². The number of nitrogens with zero attached hydrogens (tertiary/aromatic N) is 2. The van der Waals surface area contributed by atoms with Crippen LogP contribution in [0.2, 0.25) is 0 Å². The molecule has 0 atom stereocenters. The highest BCUT2D eigenvalue weighted by atomic mass is 16.5. The molecule has 0 N–H and O–H groups in total. The quantitative estimate of drug-likeness (QED) is 0.173. The van der Waals surface area contributed by atoms with Crippen molar-refractivity contribution in [2.75, 3.05) is 16.9 Å². The fraction of sp³-hybridized carbons (Fsp3) is 0.128. The summed E-state index contributed by atoms with van der Waals surface area (Å²) in [5.41, 5.74) is 4.73. The third-order valence-electron chi connectivity index (χ3n) is 8.89. The average molecular weight is 623 g/mol. The van der Waals surface area contributed by atoms with Gasteiger partial charge in [0, 0.05) is 5.41 Å². The van der Waals surface area contributed by atoms with Crippen LogP contribution < -0.4 is 19.3 Å². The van der Waals surface area contributed by atoms with Gasteiger partial charge in [-0.2, -0.15) is 0 Å². The van der Waals surface area contributed by atoms with Gasteiger partial charge < -0.3 is 9.47 Å². The molecule has 2 aliphatic heterocycles. The molecule has 7 rings (SSSR count). The zero-order valence-electron chi connectivity index (χ0n) is 26.2. The van der Waals surface area contributed by atoms with Crippen molar-refractivity contribution >= 4 is 35.0 Å². The maximum absolute atomic E-state index is 13.5. The summed E-state index contributed by atoms with van der Waals surface area (Å²) in [7, 11) is 1.65. The monoisotopic (exact) mass is 622 g/mol. The number of anilines is 2. The van der Waals surface area contributed by atoms with Crippen LogP contribution in [0.1, 0.15) is 72.0 Å². The number of fused-ring (bicyclic) bond motifs is 2. The number of amides is 4. The minimum Gasteiger partial charge on any atom is -0.497 e. The van der Waals surface area contributed by atoms with Gasteiger partial charge in [0.15, 0.2) is 0 Å². The summed E-state index contributed by atoms with van der Waals surface area (Å²) < 4.78 is 11.4. The first kappa shape index (κ1) is 29.7. The SMILES string of the molecule is COc1ccc(C(C)(C)c2ccc(Oc3ccc4c(c3)C(=O)N(c3ccc(N5C(=O)c6ccc(C)cc6C5=O)cc3)C4=O)cc2)cc1. The molecule has 8 heteroatoms. The molecule has 0 unspecified atom stereocenters. The molecule has 0 saturated heterocycles. The number of carbonyl (C=O) groups excluding carboxylic acids is 4. The van der Waals surface area contributed by atoms with Crippen LogP contribution in [0.15, 0.2) is 109 Å². The van der Waals surface area contributed by atoms with Gasteiger partial charge >= 0.3 is 0 Å². The summed E-state index contributed by atoms with van der Waals surface area (Å²) in [5, 5.41) is 0. The largest absolute Gasteiger partial charge is 0.497 e. The van der Waals surface area contributed by atoms with Gasteiger partial charge in [-0.05, 0) is 96.9 Å². The lowest BCUT2D eigenvalue weighted by molar-refractivity contribution is 0.0909. The number of aryl methyl sites for hydroxylation is 1. The Balaban J connectivity index is 1.07. The molecule has 0 bridgehead atoms. The molecule has 2 heterocycles. The van der Waals surface area contributed by atoms with Gasteiger partial charge in [-0.3, -0.25) is 19.2 Å². The summed E-state index contributed by atoms with van der Waals surface area (Å²) in [6.45, 7) is 6.16. The lowest BCUT2D eigenvalue weighted by Crippen LogP contribution is -2.30. The third-order valence-corrected chi connectivity index (χ3v) is 8.89. The van der Waals surface area contributed by atoms with E-state index in [9.17, 15) is 19.2 Å². The van der Waals surface area contributed by atoms with Gasteiger partial charge in [0.2, 0.25) is 0 Å². The molecule has 0 saturated carbocycles.